The molecule has 3 aromatic carbocycles. The number of carbonyl (C=O) groups is 1. The normalized spacial score (nSPS) is 10.9. The van der Waals surface area contributed by atoms with Crippen LogP contribution < -0.4 is 0 Å². The van der Waals surface area contributed by atoms with E-state index in [4.69, 9.17) is 9.15 Å². The van der Waals surface area contributed by atoms with Crippen LogP contribution in [-0.4, -0.2) is 17.7 Å². The smallest absolute Gasteiger partial charge is 0.342 e. The molecule has 0 spiro atoms. The molecule has 4 aromatic rings. The molecule has 4 nitrogen and oxygen atoms in total. The molecule has 0 fully saturated rings. The van der Waals surface area contributed by atoms with Crippen LogP contribution in [-0.2, 0) is 11.2 Å². The molecule has 0 unspecified atom stereocenters. The fraction of sp³-hybridized carbons (Fsp3) is 0.125. The Labute approximate surface area is 163 Å². The summed E-state index contributed by atoms with van der Waals surface area (Å²) in [6, 6.07) is 22.7. The highest BCUT2D eigenvalue weighted by atomic mass is 16.5. The van der Waals surface area contributed by atoms with Gasteiger partial charge >= 0.3 is 5.97 Å². The van der Waals surface area contributed by atoms with Crippen molar-refractivity contribution in [1.29, 1.82) is 0 Å². The predicted octanol–water partition coefficient (Wildman–Crippen LogP) is 5.57. The molecule has 0 aliphatic carbocycles. The maximum absolute atomic E-state index is 12.6. The second kappa shape index (κ2) is 7.61. The summed E-state index contributed by atoms with van der Waals surface area (Å²) in [5.74, 6) is 0.114. The Bertz CT molecular complexity index is 1110. The van der Waals surface area contributed by atoms with Crippen molar-refractivity contribution in [3.05, 3.63) is 89.5 Å². The van der Waals surface area contributed by atoms with E-state index in [1.807, 2.05) is 60.7 Å². The van der Waals surface area contributed by atoms with Gasteiger partial charge in [0.1, 0.15) is 22.7 Å². The largest absolute Gasteiger partial charge is 0.508 e. The van der Waals surface area contributed by atoms with E-state index in [2.05, 4.69) is 0 Å². The molecule has 0 amide bonds. The summed E-state index contributed by atoms with van der Waals surface area (Å²) in [5.41, 5.74) is 3.49. The molecule has 0 bridgehead atoms. The quantitative estimate of drug-likeness (QED) is 0.465. The third-order valence-electron chi connectivity index (χ3n) is 4.64. The summed E-state index contributed by atoms with van der Waals surface area (Å²) >= 11 is 0. The molecule has 4 rings (SSSR count). The number of phenols is 1. The summed E-state index contributed by atoms with van der Waals surface area (Å²) in [5, 5.41) is 11.1. The Morgan fingerprint density at radius 2 is 1.68 bits per heavy atom. The molecule has 4 heteroatoms. The SMILES string of the molecule is CCOC(=O)c1c(-c2ccccc2)oc2cc(Cc3ccccc3)c(O)cc12. The zero-order valence-corrected chi connectivity index (χ0v) is 15.5. The van der Waals surface area contributed by atoms with Crippen molar-refractivity contribution in [1.82, 2.24) is 0 Å². The van der Waals surface area contributed by atoms with E-state index in [0.29, 0.717) is 28.7 Å². The summed E-state index contributed by atoms with van der Waals surface area (Å²) < 4.78 is 11.3. The fourth-order valence-corrected chi connectivity index (χ4v) is 3.33. The Kier molecular flexibility index (Phi) is 4.85. The molecule has 0 aliphatic rings. The average molecular weight is 372 g/mol. The first-order chi connectivity index (χ1) is 13.7. The Morgan fingerprint density at radius 1 is 1.00 bits per heavy atom. The van der Waals surface area contributed by atoms with Crippen LogP contribution >= 0.6 is 0 Å². The van der Waals surface area contributed by atoms with Gasteiger partial charge in [-0.15, -0.1) is 0 Å². The molecule has 0 aliphatic heterocycles. The molecule has 0 radical (unpaired) electrons. The van der Waals surface area contributed by atoms with Crippen molar-refractivity contribution < 1.29 is 19.1 Å². The lowest BCUT2D eigenvalue weighted by atomic mass is 10.0. The van der Waals surface area contributed by atoms with Crippen LogP contribution in [0.2, 0.25) is 0 Å². The maximum atomic E-state index is 12.6. The number of benzene rings is 3. The van der Waals surface area contributed by atoms with E-state index < -0.39 is 5.97 Å². The van der Waals surface area contributed by atoms with Crippen LogP contribution in [0.3, 0.4) is 0 Å². The van der Waals surface area contributed by atoms with Crippen LogP contribution in [0.5, 0.6) is 5.75 Å². The molecule has 0 saturated carbocycles. The van der Waals surface area contributed by atoms with Gasteiger partial charge in [0.2, 0.25) is 0 Å². The predicted molar refractivity (Wildman–Crippen MR) is 109 cm³/mol. The number of hydrogen-bond acceptors (Lipinski definition) is 4. The lowest BCUT2D eigenvalue weighted by Gasteiger charge is -2.06. The summed E-state index contributed by atoms with van der Waals surface area (Å²) in [6.07, 6.45) is 0.568. The van der Waals surface area contributed by atoms with Gasteiger partial charge in [0.25, 0.3) is 0 Å². The number of esters is 1. The summed E-state index contributed by atoms with van der Waals surface area (Å²) in [6.45, 7) is 2.02. The van der Waals surface area contributed by atoms with Gasteiger partial charge in [0.15, 0.2) is 0 Å². The number of carbonyl (C=O) groups excluding carboxylic acids is 1. The van der Waals surface area contributed by atoms with Crippen LogP contribution in [0, 0.1) is 0 Å². The zero-order chi connectivity index (χ0) is 19.5. The summed E-state index contributed by atoms with van der Waals surface area (Å²) in [7, 11) is 0. The maximum Gasteiger partial charge on any atom is 0.342 e. The van der Waals surface area contributed by atoms with Gasteiger partial charge in [-0.1, -0.05) is 60.7 Å². The van der Waals surface area contributed by atoms with Gasteiger partial charge < -0.3 is 14.3 Å². The van der Waals surface area contributed by atoms with E-state index >= 15 is 0 Å². The number of ether oxygens (including phenoxy) is 1. The lowest BCUT2D eigenvalue weighted by Crippen LogP contribution is -2.05. The molecular formula is C24H20O4. The molecule has 1 aromatic heterocycles. The highest BCUT2D eigenvalue weighted by Crippen LogP contribution is 2.37. The molecule has 28 heavy (non-hydrogen) atoms. The Balaban J connectivity index is 1.87. The van der Waals surface area contributed by atoms with E-state index in [-0.39, 0.29) is 12.4 Å². The zero-order valence-electron chi connectivity index (χ0n) is 15.5. The first kappa shape index (κ1) is 17.9. The first-order valence-electron chi connectivity index (χ1n) is 9.22. The first-order valence-corrected chi connectivity index (χ1v) is 9.22. The average Bonchev–Trinajstić information content (AvgIpc) is 3.08. The van der Waals surface area contributed by atoms with Crippen molar-refractivity contribution in [3.63, 3.8) is 0 Å². The summed E-state index contributed by atoms with van der Waals surface area (Å²) in [4.78, 5) is 12.6. The fourth-order valence-electron chi connectivity index (χ4n) is 3.33. The van der Waals surface area contributed by atoms with Gasteiger partial charge in [-0.2, -0.15) is 0 Å². The topological polar surface area (TPSA) is 59.7 Å². The van der Waals surface area contributed by atoms with E-state index in [1.54, 1.807) is 19.1 Å². The number of phenolic OH excluding ortho intramolecular Hbond substituents is 1. The van der Waals surface area contributed by atoms with E-state index in [1.165, 1.54) is 0 Å². The minimum atomic E-state index is -0.463. The van der Waals surface area contributed by atoms with Gasteiger partial charge in [0.05, 0.1) is 6.61 Å². The van der Waals surface area contributed by atoms with Gasteiger partial charge in [0, 0.05) is 22.9 Å². The minimum absolute atomic E-state index is 0.127. The van der Waals surface area contributed by atoms with Gasteiger partial charge in [-0.05, 0) is 24.6 Å². The molecule has 0 atom stereocenters. The molecular weight excluding hydrogens is 352 g/mol. The van der Waals surface area contributed by atoms with Crippen LogP contribution in [0.25, 0.3) is 22.3 Å². The van der Waals surface area contributed by atoms with Crippen molar-refractivity contribution in [3.8, 4) is 17.1 Å². The second-order valence-electron chi connectivity index (χ2n) is 6.53. The van der Waals surface area contributed by atoms with Crippen LogP contribution in [0.15, 0.2) is 77.2 Å². The van der Waals surface area contributed by atoms with Crippen LogP contribution in [0.4, 0.5) is 0 Å². The highest BCUT2D eigenvalue weighted by Gasteiger charge is 2.24. The highest BCUT2D eigenvalue weighted by molar-refractivity contribution is 6.09. The van der Waals surface area contributed by atoms with E-state index in [0.717, 1.165) is 16.7 Å². The van der Waals surface area contributed by atoms with Crippen LogP contribution in [0.1, 0.15) is 28.4 Å². The molecule has 0 saturated heterocycles. The lowest BCUT2D eigenvalue weighted by molar-refractivity contribution is 0.0529. The monoisotopic (exact) mass is 372 g/mol. The van der Waals surface area contributed by atoms with Gasteiger partial charge in [-0.25, -0.2) is 4.79 Å². The van der Waals surface area contributed by atoms with Crippen molar-refractivity contribution in [2.75, 3.05) is 6.61 Å². The number of hydrogen-bond donors (Lipinski definition) is 1. The second-order valence-corrected chi connectivity index (χ2v) is 6.53. The number of aromatic hydroxyl groups is 1. The number of rotatable bonds is 5. The Morgan fingerprint density at radius 3 is 2.36 bits per heavy atom. The number of furan rings is 1. The molecule has 140 valence electrons. The Hall–Kier alpha value is -3.53. The van der Waals surface area contributed by atoms with Crippen molar-refractivity contribution in [2.24, 2.45) is 0 Å². The van der Waals surface area contributed by atoms with Gasteiger partial charge in [-0.3, -0.25) is 0 Å². The van der Waals surface area contributed by atoms with Crippen molar-refractivity contribution in [2.45, 2.75) is 13.3 Å². The molecule has 1 N–H and O–H groups in total. The number of fused-ring (bicyclic) bond motifs is 1. The third-order valence-corrected chi connectivity index (χ3v) is 4.64. The minimum Gasteiger partial charge on any atom is -0.508 e. The standard InChI is InChI=1S/C24H20O4/c1-2-27-24(26)22-19-15-20(25)18(13-16-9-5-3-6-10-16)14-21(19)28-23(22)17-11-7-4-8-12-17/h3-12,14-15,25H,2,13H2,1H3. The van der Waals surface area contributed by atoms with E-state index in [9.17, 15) is 9.90 Å². The van der Waals surface area contributed by atoms with Crippen molar-refractivity contribution >= 4 is 16.9 Å². The molecule has 1 heterocycles. The third kappa shape index (κ3) is 3.37.